The third-order valence-electron chi connectivity index (χ3n) is 5.19. The lowest BCUT2D eigenvalue weighted by atomic mass is 10.0. The van der Waals surface area contributed by atoms with Crippen molar-refractivity contribution in [3.63, 3.8) is 0 Å². The highest BCUT2D eigenvalue weighted by molar-refractivity contribution is 7.92. The lowest BCUT2D eigenvalue weighted by molar-refractivity contribution is -0.131. The average molecular weight is 423 g/mol. The summed E-state index contributed by atoms with van der Waals surface area (Å²) in [5, 5.41) is 8.74. The molecule has 1 atom stereocenters. The second-order valence-corrected chi connectivity index (χ2v) is 9.65. The first-order valence-corrected chi connectivity index (χ1v) is 11.4. The van der Waals surface area contributed by atoms with Crippen molar-refractivity contribution < 1.29 is 18.0 Å². The van der Waals surface area contributed by atoms with E-state index in [-0.39, 0.29) is 18.2 Å². The molecule has 11 heteroatoms. The lowest BCUT2D eigenvalue weighted by Gasteiger charge is -2.29. The molecule has 1 aliphatic rings. The lowest BCUT2D eigenvalue weighted by Crippen LogP contribution is -2.44. The molecule has 0 aromatic carbocycles. The number of fused-ring (bicyclic) bond motifs is 1. The van der Waals surface area contributed by atoms with E-state index < -0.39 is 21.0 Å². The van der Waals surface area contributed by atoms with Crippen LogP contribution in [0.2, 0.25) is 0 Å². The summed E-state index contributed by atoms with van der Waals surface area (Å²) in [6, 6.07) is 0. The topological polar surface area (TPSA) is 130 Å². The smallest absolute Gasteiger partial charge is 0.272 e. The van der Waals surface area contributed by atoms with E-state index in [1.165, 1.54) is 18.7 Å². The van der Waals surface area contributed by atoms with Gasteiger partial charge in [0.25, 0.3) is 5.91 Å². The van der Waals surface area contributed by atoms with E-state index in [1.807, 2.05) is 10.8 Å². The highest BCUT2D eigenvalue weighted by atomic mass is 32.2. The minimum absolute atomic E-state index is 0.0752. The summed E-state index contributed by atoms with van der Waals surface area (Å²) in [5.74, 6) is -0.749. The zero-order valence-corrected chi connectivity index (χ0v) is 17.4. The van der Waals surface area contributed by atoms with Crippen LogP contribution in [0.3, 0.4) is 0 Å². The molecule has 29 heavy (non-hydrogen) atoms. The maximum absolute atomic E-state index is 12.6. The molecule has 0 radical (unpaired) electrons. The number of H-pyrrole nitrogens is 1. The van der Waals surface area contributed by atoms with Crippen molar-refractivity contribution in [2.24, 2.45) is 0 Å². The highest BCUT2D eigenvalue weighted by Gasteiger charge is 2.33. The van der Waals surface area contributed by atoms with Gasteiger partial charge in [0.15, 0.2) is 15.5 Å². The van der Waals surface area contributed by atoms with Gasteiger partial charge in [-0.15, -0.1) is 0 Å². The fourth-order valence-electron chi connectivity index (χ4n) is 3.32. The van der Waals surface area contributed by atoms with Crippen LogP contribution in [0.25, 0.3) is 0 Å². The number of hydrogen-bond acceptors (Lipinski definition) is 6. The van der Waals surface area contributed by atoms with Gasteiger partial charge in [0.05, 0.1) is 18.6 Å². The van der Waals surface area contributed by atoms with E-state index in [2.05, 4.69) is 20.5 Å². The maximum Gasteiger partial charge on any atom is 0.272 e. The molecule has 1 aliphatic heterocycles. The number of aromatic nitrogens is 4. The Morgan fingerprint density at radius 1 is 1.38 bits per heavy atom. The zero-order chi connectivity index (χ0) is 21.0. The largest absolute Gasteiger partial charge is 0.351 e. The third-order valence-corrected chi connectivity index (χ3v) is 7.27. The van der Waals surface area contributed by atoms with Gasteiger partial charge in [0, 0.05) is 43.3 Å². The van der Waals surface area contributed by atoms with Gasteiger partial charge in [-0.1, -0.05) is 6.92 Å². The van der Waals surface area contributed by atoms with Crippen molar-refractivity contribution in [1.82, 2.24) is 30.0 Å². The van der Waals surface area contributed by atoms with Crippen molar-refractivity contribution in [3.05, 3.63) is 35.7 Å². The third kappa shape index (κ3) is 4.66. The Labute approximate surface area is 169 Å². The Kier molecular flexibility index (Phi) is 6.36. The zero-order valence-electron chi connectivity index (χ0n) is 16.6. The first-order chi connectivity index (χ1) is 13.8. The quantitative estimate of drug-likeness (QED) is 0.582. The second kappa shape index (κ2) is 8.76. The molecule has 0 aliphatic carbocycles. The molecule has 3 heterocycles. The van der Waals surface area contributed by atoms with E-state index in [9.17, 15) is 18.0 Å². The molecule has 0 bridgehead atoms. The normalized spacial score (nSPS) is 15.0. The number of nitrogens with zero attached hydrogens (tertiary/aromatic N) is 4. The van der Waals surface area contributed by atoms with Gasteiger partial charge in [0.2, 0.25) is 5.91 Å². The number of amides is 2. The molecule has 2 aromatic rings. The molecule has 2 aromatic heterocycles. The summed E-state index contributed by atoms with van der Waals surface area (Å²) in [6.45, 7) is 4.80. The van der Waals surface area contributed by atoms with E-state index in [0.717, 1.165) is 18.5 Å². The number of imidazole rings is 1. The summed E-state index contributed by atoms with van der Waals surface area (Å²) in [5.41, 5.74) is 1.80. The van der Waals surface area contributed by atoms with Crippen LogP contribution in [0.15, 0.2) is 18.7 Å². The number of rotatable bonds is 8. The number of hydrogen-bond donors (Lipinski definition) is 2. The monoisotopic (exact) mass is 422 g/mol. The van der Waals surface area contributed by atoms with Gasteiger partial charge < -0.3 is 14.8 Å². The van der Waals surface area contributed by atoms with Crippen molar-refractivity contribution in [2.45, 2.75) is 45.0 Å². The molecular formula is C18H26N6O4S. The molecule has 0 saturated heterocycles. The SMILES string of the molecule is CCS(=O)(=O)C(C)C(=O)N1CCc2c(C(=O)NCCCn3ccnc3)n[nH]c2C1. The van der Waals surface area contributed by atoms with Crippen LogP contribution in [0.1, 0.15) is 42.0 Å². The number of sulfone groups is 1. The van der Waals surface area contributed by atoms with E-state index in [1.54, 1.807) is 12.5 Å². The van der Waals surface area contributed by atoms with Gasteiger partial charge in [-0.2, -0.15) is 5.10 Å². The minimum atomic E-state index is -3.45. The summed E-state index contributed by atoms with van der Waals surface area (Å²) in [6.07, 6.45) is 6.52. The average Bonchev–Trinajstić information content (AvgIpc) is 3.39. The maximum atomic E-state index is 12.6. The number of aromatic amines is 1. The molecule has 0 fully saturated rings. The fraction of sp³-hybridized carbons (Fsp3) is 0.556. The molecule has 0 spiro atoms. The van der Waals surface area contributed by atoms with Crippen LogP contribution in [-0.2, 0) is 34.1 Å². The van der Waals surface area contributed by atoms with Crippen LogP contribution in [0.4, 0.5) is 0 Å². The first-order valence-electron chi connectivity index (χ1n) is 9.64. The summed E-state index contributed by atoms with van der Waals surface area (Å²) < 4.78 is 25.9. The van der Waals surface area contributed by atoms with Gasteiger partial charge in [-0.05, 0) is 19.8 Å². The molecule has 158 valence electrons. The Bertz CT molecular complexity index is 967. The van der Waals surface area contributed by atoms with Crippen LogP contribution >= 0.6 is 0 Å². The highest BCUT2D eigenvalue weighted by Crippen LogP contribution is 2.21. The van der Waals surface area contributed by atoms with E-state index in [0.29, 0.717) is 30.9 Å². The second-order valence-electron chi connectivity index (χ2n) is 7.04. The Morgan fingerprint density at radius 2 is 2.17 bits per heavy atom. The van der Waals surface area contributed by atoms with Crippen molar-refractivity contribution in [2.75, 3.05) is 18.8 Å². The van der Waals surface area contributed by atoms with Gasteiger partial charge in [0.1, 0.15) is 5.25 Å². The van der Waals surface area contributed by atoms with Crippen LogP contribution < -0.4 is 5.32 Å². The molecule has 3 rings (SSSR count). The predicted octanol–water partition coefficient (Wildman–Crippen LogP) is 0.134. The molecule has 0 saturated carbocycles. The van der Waals surface area contributed by atoms with E-state index >= 15 is 0 Å². The standard InChI is InChI=1S/C18H26N6O4S/c1-3-29(27,28)13(2)18(26)24-9-5-14-15(11-24)21-22-16(14)17(25)20-6-4-8-23-10-7-19-12-23/h7,10,12-13H,3-6,8-9,11H2,1-2H3,(H,20,25)(H,21,22). The molecular weight excluding hydrogens is 396 g/mol. The first kappa shape index (κ1) is 21.0. The molecule has 2 amide bonds. The van der Waals surface area contributed by atoms with Crippen LogP contribution in [0.5, 0.6) is 0 Å². The predicted molar refractivity (Wildman–Crippen MR) is 106 cm³/mol. The van der Waals surface area contributed by atoms with Crippen molar-refractivity contribution in [3.8, 4) is 0 Å². The Balaban J connectivity index is 1.57. The Morgan fingerprint density at radius 3 is 2.86 bits per heavy atom. The molecule has 10 nitrogen and oxygen atoms in total. The van der Waals surface area contributed by atoms with Gasteiger partial charge in [-0.3, -0.25) is 14.7 Å². The molecule has 1 unspecified atom stereocenters. The molecule has 2 N–H and O–H groups in total. The number of carbonyl (C=O) groups is 2. The summed E-state index contributed by atoms with van der Waals surface area (Å²) in [4.78, 5) is 30.5. The van der Waals surface area contributed by atoms with Crippen LogP contribution in [0, 0.1) is 0 Å². The fourth-order valence-corrected chi connectivity index (χ4v) is 4.28. The van der Waals surface area contributed by atoms with Gasteiger partial charge in [-0.25, -0.2) is 13.4 Å². The Hall–Kier alpha value is -2.69. The van der Waals surface area contributed by atoms with Crippen molar-refractivity contribution >= 4 is 21.7 Å². The van der Waals surface area contributed by atoms with Crippen molar-refractivity contribution in [1.29, 1.82) is 0 Å². The summed E-state index contributed by atoms with van der Waals surface area (Å²) in [7, 11) is -3.45. The number of aryl methyl sites for hydroxylation is 1. The van der Waals surface area contributed by atoms with Gasteiger partial charge >= 0.3 is 0 Å². The number of nitrogens with one attached hydrogen (secondary N) is 2. The van der Waals surface area contributed by atoms with E-state index in [4.69, 9.17) is 0 Å². The van der Waals surface area contributed by atoms with Crippen LogP contribution in [-0.4, -0.2) is 69.0 Å². The minimum Gasteiger partial charge on any atom is -0.351 e. The summed E-state index contributed by atoms with van der Waals surface area (Å²) >= 11 is 0. The number of carbonyl (C=O) groups excluding carboxylic acids is 2.